The van der Waals surface area contributed by atoms with Gasteiger partial charge in [-0.2, -0.15) is 0 Å². The minimum absolute atomic E-state index is 0.0786. The maximum Gasteiger partial charge on any atom is 0.251 e. The topological polar surface area (TPSA) is 50.8 Å². The molecule has 1 aliphatic rings. The Morgan fingerprint density at radius 3 is 2.32 bits per heavy atom. The lowest BCUT2D eigenvalue weighted by molar-refractivity contribution is 0.0948. The monoisotopic (exact) mass is 306 g/mol. The molecule has 122 valence electrons. The second kappa shape index (κ2) is 8.03. The molecule has 1 aliphatic heterocycles. The number of ether oxygens (including phenoxy) is 2. The number of hydrogen-bond donors (Lipinski definition) is 1. The predicted molar refractivity (Wildman–Crippen MR) is 86.7 cm³/mol. The molecule has 1 fully saturated rings. The first-order valence-electron chi connectivity index (χ1n) is 7.82. The van der Waals surface area contributed by atoms with Crippen LogP contribution in [0.4, 0.5) is 0 Å². The van der Waals surface area contributed by atoms with Gasteiger partial charge in [0.2, 0.25) is 0 Å². The highest BCUT2D eigenvalue weighted by molar-refractivity contribution is 5.95. The summed E-state index contributed by atoms with van der Waals surface area (Å²) in [5.74, 6) is 1.89. The highest BCUT2D eigenvalue weighted by atomic mass is 16.5. The van der Waals surface area contributed by atoms with Gasteiger partial charge in [0, 0.05) is 18.2 Å². The van der Waals surface area contributed by atoms with Gasteiger partial charge in [0.25, 0.3) is 5.91 Å². The molecular formula is C17H26N2O3. The quantitative estimate of drug-likeness (QED) is 0.875. The lowest BCUT2D eigenvalue weighted by Crippen LogP contribution is -2.32. The first-order chi connectivity index (χ1) is 10.6. The van der Waals surface area contributed by atoms with E-state index in [0.717, 1.165) is 25.4 Å². The second-order valence-electron chi connectivity index (χ2n) is 5.89. The van der Waals surface area contributed by atoms with Crippen LogP contribution in [0.15, 0.2) is 18.2 Å². The van der Waals surface area contributed by atoms with Gasteiger partial charge in [0.05, 0.1) is 14.2 Å². The minimum Gasteiger partial charge on any atom is -0.497 e. The van der Waals surface area contributed by atoms with Crippen LogP contribution in [-0.4, -0.2) is 51.7 Å². The van der Waals surface area contributed by atoms with Crippen molar-refractivity contribution in [2.45, 2.75) is 19.3 Å². The summed E-state index contributed by atoms with van der Waals surface area (Å²) in [6.07, 6.45) is 3.49. The van der Waals surface area contributed by atoms with Crippen LogP contribution in [0.2, 0.25) is 0 Å². The third-order valence-corrected chi connectivity index (χ3v) is 4.29. The van der Waals surface area contributed by atoms with E-state index in [1.165, 1.54) is 12.8 Å². The third-order valence-electron chi connectivity index (χ3n) is 4.29. The van der Waals surface area contributed by atoms with E-state index in [9.17, 15) is 4.79 Å². The average Bonchev–Trinajstić information content (AvgIpc) is 2.56. The molecule has 0 aliphatic carbocycles. The molecule has 1 N–H and O–H groups in total. The smallest absolute Gasteiger partial charge is 0.251 e. The Morgan fingerprint density at radius 2 is 1.77 bits per heavy atom. The highest BCUT2D eigenvalue weighted by Gasteiger charge is 2.17. The second-order valence-corrected chi connectivity index (χ2v) is 5.89. The third kappa shape index (κ3) is 4.63. The Kier molecular flexibility index (Phi) is 6.07. The number of benzene rings is 1. The Balaban J connectivity index is 1.84. The van der Waals surface area contributed by atoms with Crippen LogP contribution in [-0.2, 0) is 0 Å². The number of nitrogens with one attached hydrogen (secondary N) is 1. The average molecular weight is 306 g/mol. The number of carbonyl (C=O) groups is 1. The molecule has 22 heavy (non-hydrogen) atoms. The summed E-state index contributed by atoms with van der Waals surface area (Å²) >= 11 is 0. The zero-order valence-corrected chi connectivity index (χ0v) is 13.7. The van der Waals surface area contributed by atoms with E-state index < -0.39 is 0 Å². The Labute approximate surface area is 132 Å². The van der Waals surface area contributed by atoms with Crippen molar-refractivity contribution in [3.63, 3.8) is 0 Å². The van der Waals surface area contributed by atoms with Crippen LogP contribution in [0.3, 0.4) is 0 Å². The molecule has 0 atom stereocenters. The molecule has 1 aromatic rings. The van der Waals surface area contributed by atoms with E-state index in [1.807, 2.05) is 0 Å². The number of nitrogens with zero attached hydrogens (tertiary/aromatic N) is 1. The summed E-state index contributed by atoms with van der Waals surface area (Å²) in [4.78, 5) is 14.6. The van der Waals surface area contributed by atoms with E-state index in [1.54, 1.807) is 32.4 Å². The van der Waals surface area contributed by atoms with Crippen molar-refractivity contribution in [2.75, 3.05) is 40.9 Å². The van der Waals surface area contributed by atoms with Crippen LogP contribution in [0.5, 0.6) is 11.5 Å². The Bertz CT molecular complexity index is 474. The molecule has 2 rings (SSSR count). The molecule has 0 unspecified atom stereocenters. The molecule has 0 bridgehead atoms. The predicted octanol–water partition coefficient (Wildman–Crippen LogP) is 2.17. The molecular weight excluding hydrogens is 280 g/mol. The number of rotatable bonds is 6. The van der Waals surface area contributed by atoms with Crippen molar-refractivity contribution in [2.24, 2.45) is 5.92 Å². The molecule has 1 heterocycles. The van der Waals surface area contributed by atoms with Crippen molar-refractivity contribution < 1.29 is 14.3 Å². The molecule has 1 amide bonds. The van der Waals surface area contributed by atoms with Crippen molar-refractivity contribution in [1.29, 1.82) is 0 Å². The van der Waals surface area contributed by atoms with Crippen LogP contribution in [0.25, 0.3) is 0 Å². The molecule has 0 radical (unpaired) electrons. The molecule has 5 nitrogen and oxygen atoms in total. The molecule has 0 saturated carbocycles. The highest BCUT2D eigenvalue weighted by Crippen LogP contribution is 2.22. The SMILES string of the molecule is COc1cc(OC)cc(C(=O)NCCC2CCN(C)CC2)c1. The first-order valence-corrected chi connectivity index (χ1v) is 7.82. The number of likely N-dealkylation sites (tertiary alicyclic amines) is 1. The van der Waals surface area contributed by atoms with Gasteiger partial charge >= 0.3 is 0 Å². The van der Waals surface area contributed by atoms with Gasteiger partial charge in [-0.3, -0.25) is 4.79 Å². The number of piperidine rings is 1. The van der Waals surface area contributed by atoms with Crippen molar-refractivity contribution in [3.8, 4) is 11.5 Å². The van der Waals surface area contributed by atoms with Crippen molar-refractivity contribution >= 4 is 5.91 Å². The fraction of sp³-hybridized carbons (Fsp3) is 0.588. The summed E-state index contributed by atoms with van der Waals surface area (Å²) in [5.41, 5.74) is 0.569. The largest absolute Gasteiger partial charge is 0.497 e. The zero-order chi connectivity index (χ0) is 15.9. The molecule has 0 spiro atoms. The maximum absolute atomic E-state index is 12.2. The van der Waals surface area contributed by atoms with Gasteiger partial charge < -0.3 is 19.7 Å². The van der Waals surface area contributed by atoms with E-state index in [2.05, 4.69) is 17.3 Å². The lowest BCUT2D eigenvalue weighted by Gasteiger charge is -2.28. The Morgan fingerprint density at radius 1 is 1.18 bits per heavy atom. The molecule has 0 aromatic heterocycles. The van der Waals surface area contributed by atoms with Crippen molar-refractivity contribution in [3.05, 3.63) is 23.8 Å². The molecule has 1 saturated heterocycles. The van der Waals surface area contributed by atoms with Crippen molar-refractivity contribution in [1.82, 2.24) is 10.2 Å². The van der Waals surface area contributed by atoms with Gasteiger partial charge in [0.1, 0.15) is 11.5 Å². The fourth-order valence-electron chi connectivity index (χ4n) is 2.78. The minimum atomic E-state index is -0.0786. The molecule has 5 heteroatoms. The van der Waals surface area contributed by atoms with Gasteiger partial charge in [-0.15, -0.1) is 0 Å². The summed E-state index contributed by atoms with van der Waals surface area (Å²) in [7, 11) is 5.32. The number of methoxy groups -OCH3 is 2. The summed E-state index contributed by atoms with van der Waals surface area (Å²) in [5, 5.41) is 3.00. The van der Waals surface area contributed by atoms with Crippen LogP contribution >= 0.6 is 0 Å². The van der Waals surface area contributed by atoms with Crippen LogP contribution in [0, 0.1) is 5.92 Å². The van der Waals surface area contributed by atoms with Gasteiger partial charge in [0.15, 0.2) is 0 Å². The number of amides is 1. The molecule has 1 aromatic carbocycles. The summed E-state index contributed by atoms with van der Waals surface area (Å²) in [6.45, 7) is 3.03. The van der Waals surface area contributed by atoms with E-state index >= 15 is 0 Å². The first kappa shape index (κ1) is 16.6. The Hall–Kier alpha value is -1.75. The summed E-state index contributed by atoms with van der Waals surface area (Å²) < 4.78 is 10.4. The van der Waals surface area contributed by atoms with Gasteiger partial charge in [-0.1, -0.05) is 0 Å². The zero-order valence-electron chi connectivity index (χ0n) is 13.7. The van der Waals surface area contributed by atoms with Gasteiger partial charge in [-0.05, 0) is 57.5 Å². The van der Waals surface area contributed by atoms with E-state index in [0.29, 0.717) is 23.6 Å². The normalized spacial score (nSPS) is 16.3. The van der Waals surface area contributed by atoms with Crippen LogP contribution in [0.1, 0.15) is 29.6 Å². The maximum atomic E-state index is 12.2. The fourth-order valence-corrected chi connectivity index (χ4v) is 2.78. The summed E-state index contributed by atoms with van der Waals surface area (Å²) in [6, 6.07) is 5.22. The number of carbonyl (C=O) groups excluding carboxylic acids is 1. The van der Waals surface area contributed by atoms with Crippen LogP contribution < -0.4 is 14.8 Å². The van der Waals surface area contributed by atoms with E-state index in [-0.39, 0.29) is 5.91 Å². The number of hydrogen-bond acceptors (Lipinski definition) is 4. The lowest BCUT2D eigenvalue weighted by atomic mass is 9.94. The van der Waals surface area contributed by atoms with Gasteiger partial charge in [-0.25, -0.2) is 0 Å². The van der Waals surface area contributed by atoms with E-state index in [4.69, 9.17) is 9.47 Å². The standard InChI is InChI=1S/C17H26N2O3/c1-19-8-5-13(6-9-19)4-7-18-17(20)14-10-15(21-2)12-16(11-14)22-3/h10-13H,4-9H2,1-3H3,(H,18,20).